The monoisotopic (exact) mass is 343 g/mol. The van der Waals surface area contributed by atoms with Crippen molar-refractivity contribution < 1.29 is 0 Å². The number of aromatic nitrogens is 1. The zero-order chi connectivity index (χ0) is 18.5. The molecular formula is C25H29N. The largest absolute Gasteiger partial charge is 0.350 e. The van der Waals surface area contributed by atoms with Gasteiger partial charge in [-0.3, -0.25) is 0 Å². The quantitative estimate of drug-likeness (QED) is 0.488. The van der Waals surface area contributed by atoms with E-state index in [-0.39, 0.29) is 5.41 Å². The smallest absolute Gasteiger partial charge is 0.0277 e. The molecule has 134 valence electrons. The predicted octanol–water partition coefficient (Wildman–Crippen LogP) is 6.70. The van der Waals surface area contributed by atoms with Gasteiger partial charge in [0.2, 0.25) is 0 Å². The van der Waals surface area contributed by atoms with Gasteiger partial charge in [-0.25, -0.2) is 0 Å². The first-order valence-corrected chi connectivity index (χ1v) is 9.63. The molecule has 1 aromatic heterocycles. The zero-order valence-corrected chi connectivity index (χ0v) is 16.6. The van der Waals surface area contributed by atoms with Gasteiger partial charge in [-0.1, -0.05) is 89.2 Å². The van der Waals surface area contributed by atoms with E-state index in [2.05, 4.69) is 100.0 Å². The third kappa shape index (κ3) is 3.00. The average Bonchev–Trinajstić information content (AvgIpc) is 3.06. The molecule has 26 heavy (non-hydrogen) atoms. The Morgan fingerprint density at radius 2 is 1.50 bits per heavy atom. The van der Waals surface area contributed by atoms with Crippen LogP contribution in [0, 0.1) is 5.41 Å². The summed E-state index contributed by atoms with van der Waals surface area (Å²) in [5, 5.41) is 0. The van der Waals surface area contributed by atoms with Crippen LogP contribution in [0.5, 0.6) is 0 Å². The highest BCUT2D eigenvalue weighted by Gasteiger charge is 2.32. The molecule has 0 fully saturated rings. The molecule has 1 aliphatic heterocycles. The first-order chi connectivity index (χ1) is 12.2. The maximum absolute atomic E-state index is 2.48. The van der Waals surface area contributed by atoms with Crippen LogP contribution in [0.1, 0.15) is 45.9 Å². The Bertz CT molecular complexity index is 919. The third-order valence-corrected chi connectivity index (χ3v) is 5.56. The van der Waals surface area contributed by atoms with Crippen LogP contribution in [0.3, 0.4) is 0 Å². The minimum absolute atomic E-state index is 0.188. The Kier molecular flexibility index (Phi) is 3.87. The van der Waals surface area contributed by atoms with Gasteiger partial charge in [-0.2, -0.15) is 0 Å². The van der Waals surface area contributed by atoms with Crippen LogP contribution in [0.2, 0.25) is 0 Å². The first kappa shape index (κ1) is 17.1. The van der Waals surface area contributed by atoms with Crippen LogP contribution >= 0.6 is 0 Å². The highest BCUT2D eigenvalue weighted by Crippen LogP contribution is 2.44. The summed E-state index contributed by atoms with van der Waals surface area (Å²) in [5.74, 6) is 0. The summed E-state index contributed by atoms with van der Waals surface area (Å²) < 4.78 is 2.48. The van der Waals surface area contributed by atoms with Crippen molar-refractivity contribution in [1.82, 2.24) is 4.57 Å². The van der Waals surface area contributed by atoms with Gasteiger partial charge < -0.3 is 4.57 Å². The molecule has 3 aromatic rings. The molecule has 0 bridgehead atoms. The number of benzene rings is 2. The average molecular weight is 344 g/mol. The lowest BCUT2D eigenvalue weighted by molar-refractivity contribution is 0.359. The van der Waals surface area contributed by atoms with E-state index in [0.29, 0.717) is 5.41 Å². The van der Waals surface area contributed by atoms with Crippen molar-refractivity contribution in [3.8, 4) is 22.3 Å². The highest BCUT2D eigenvalue weighted by atomic mass is 15.0. The molecular weight excluding hydrogens is 314 g/mol. The fourth-order valence-corrected chi connectivity index (χ4v) is 4.19. The number of fused-ring (bicyclic) bond motifs is 1. The lowest BCUT2D eigenvalue weighted by Crippen LogP contribution is -2.12. The second-order valence-corrected chi connectivity index (χ2v) is 9.53. The Morgan fingerprint density at radius 1 is 0.846 bits per heavy atom. The number of nitrogens with zero attached hydrogens (tertiary/aromatic N) is 1. The molecule has 0 saturated carbocycles. The minimum Gasteiger partial charge on any atom is -0.350 e. The zero-order valence-electron chi connectivity index (χ0n) is 16.6. The molecule has 0 atom stereocenters. The Balaban J connectivity index is 1.85. The van der Waals surface area contributed by atoms with E-state index in [1.54, 1.807) is 0 Å². The van der Waals surface area contributed by atoms with E-state index in [9.17, 15) is 0 Å². The van der Waals surface area contributed by atoms with Crippen LogP contribution in [0.4, 0.5) is 0 Å². The SMILES string of the molecule is CC1(C)Cc2c(-c3ccccc3)c(-c3ccc(C(C)(C)C)cc3)cn2C1. The molecule has 0 aliphatic carbocycles. The van der Waals surface area contributed by atoms with Crippen molar-refractivity contribution in [2.75, 3.05) is 0 Å². The van der Waals surface area contributed by atoms with Crippen LogP contribution < -0.4 is 0 Å². The van der Waals surface area contributed by atoms with Crippen molar-refractivity contribution in [3.63, 3.8) is 0 Å². The topological polar surface area (TPSA) is 4.93 Å². The van der Waals surface area contributed by atoms with Gasteiger partial charge >= 0.3 is 0 Å². The van der Waals surface area contributed by atoms with E-state index in [0.717, 1.165) is 13.0 Å². The van der Waals surface area contributed by atoms with Gasteiger partial charge in [0, 0.05) is 29.6 Å². The predicted molar refractivity (Wildman–Crippen MR) is 111 cm³/mol. The molecule has 0 N–H and O–H groups in total. The minimum atomic E-state index is 0.188. The molecule has 0 unspecified atom stereocenters. The molecule has 0 radical (unpaired) electrons. The van der Waals surface area contributed by atoms with Crippen LogP contribution in [0.25, 0.3) is 22.3 Å². The van der Waals surface area contributed by atoms with E-state index < -0.39 is 0 Å². The molecule has 4 rings (SSSR count). The van der Waals surface area contributed by atoms with Gasteiger partial charge in [0.05, 0.1) is 0 Å². The molecule has 1 heteroatoms. The van der Waals surface area contributed by atoms with Crippen molar-refractivity contribution in [1.29, 1.82) is 0 Å². The summed E-state index contributed by atoms with van der Waals surface area (Å²) >= 11 is 0. The maximum Gasteiger partial charge on any atom is 0.0277 e. The van der Waals surface area contributed by atoms with E-state index >= 15 is 0 Å². The molecule has 0 saturated heterocycles. The lowest BCUT2D eigenvalue weighted by atomic mass is 9.85. The fourth-order valence-electron chi connectivity index (χ4n) is 4.19. The summed E-state index contributed by atoms with van der Waals surface area (Å²) in [6.07, 6.45) is 3.51. The van der Waals surface area contributed by atoms with Crippen LogP contribution in [-0.2, 0) is 18.4 Å². The fraction of sp³-hybridized carbons (Fsp3) is 0.360. The van der Waals surface area contributed by atoms with Gasteiger partial charge in [0.1, 0.15) is 0 Å². The summed E-state index contributed by atoms with van der Waals surface area (Å²) in [4.78, 5) is 0. The van der Waals surface area contributed by atoms with E-state index in [1.807, 2.05) is 0 Å². The molecule has 2 aromatic carbocycles. The third-order valence-electron chi connectivity index (χ3n) is 5.56. The molecule has 1 aliphatic rings. The normalized spacial score (nSPS) is 15.9. The van der Waals surface area contributed by atoms with Crippen molar-refractivity contribution in [2.24, 2.45) is 5.41 Å². The van der Waals surface area contributed by atoms with Gasteiger partial charge in [-0.05, 0) is 33.9 Å². The highest BCUT2D eigenvalue weighted by molar-refractivity contribution is 5.86. The Morgan fingerprint density at radius 3 is 2.12 bits per heavy atom. The maximum atomic E-state index is 2.48. The molecule has 0 spiro atoms. The van der Waals surface area contributed by atoms with E-state index in [4.69, 9.17) is 0 Å². The van der Waals surface area contributed by atoms with Crippen molar-refractivity contribution in [3.05, 3.63) is 72.1 Å². The number of hydrogen-bond donors (Lipinski definition) is 0. The van der Waals surface area contributed by atoms with E-state index in [1.165, 1.54) is 33.5 Å². The van der Waals surface area contributed by atoms with Gasteiger partial charge in [0.15, 0.2) is 0 Å². The van der Waals surface area contributed by atoms with Gasteiger partial charge in [0.25, 0.3) is 0 Å². The van der Waals surface area contributed by atoms with Crippen molar-refractivity contribution >= 4 is 0 Å². The summed E-state index contributed by atoms with van der Waals surface area (Å²) in [6, 6.07) is 20.0. The van der Waals surface area contributed by atoms with Crippen LogP contribution in [0.15, 0.2) is 60.8 Å². The number of rotatable bonds is 2. The second kappa shape index (κ2) is 5.87. The van der Waals surface area contributed by atoms with Crippen molar-refractivity contribution in [2.45, 2.75) is 53.0 Å². The van der Waals surface area contributed by atoms with Crippen LogP contribution in [-0.4, -0.2) is 4.57 Å². The number of hydrogen-bond acceptors (Lipinski definition) is 0. The first-order valence-electron chi connectivity index (χ1n) is 9.63. The molecule has 1 nitrogen and oxygen atoms in total. The van der Waals surface area contributed by atoms with Gasteiger partial charge in [-0.15, -0.1) is 0 Å². The second-order valence-electron chi connectivity index (χ2n) is 9.53. The lowest BCUT2D eigenvalue weighted by Gasteiger charge is -2.19. The summed E-state index contributed by atoms with van der Waals surface area (Å²) in [5.41, 5.74) is 8.82. The Labute approximate surface area is 157 Å². The standard InChI is InChI=1S/C25H29N/c1-24(2,3)20-13-11-18(12-14-20)21-16-26-17-25(4,5)15-22(26)23(21)19-9-7-6-8-10-19/h6-14,16H,15,17H2,1-5H3. The summed E-state index contributed by atoms with van der Waals surface area (Å²) in [7, 11) is 0. The Hall–Kier alpha value is -2.28. The molecule has 0 amide bonds. The molecule has 2 heterocycles. The summed E-state index contributed by atoms with van der Waals surface area (Å²) in [6.45, 7) is 12.6.